The molecule has 0 fully saturated rings. The van der Waals surface area contributed by atoms with Crippen molar-refractivity contribution < 1.29 is 4.74 Å². The highest BCUT2D eigenvalue weighted by Gasteiger charge is 2.02. The molecular weight excluding hydrogens is 366 g/mol. The van der Waals surface area contributed by atoms with Crippen molar-refractivity contribution in [2.45, 2.75) is 13.5 Å². The zero-order valence-corrected chi connectivity index (χ0v) is 16.4. The van der Waals surface area contributed by atoms with Gasteiger partial charge in [-0.3, -0.25) is 4.99 Å². The molecular formula is C25H20ClNO. The predicted octanol–water partition coefficient (Wildman–Crippen LogP) is 7.13. The quantitative estimate of drug-likeness (QED) is 0.335. The third-order valence-corrected chi connectivity index (χ3v) is 5.16. The molecule has 0 unspecified atom stereocenters. The number of halogens is 1. The minimum Gasteiger partial charge on any atom is -0.489 e. The Morgan fingerprint density at radius 2 is 1.61 bits per heavy atom. The van der Waals surface area contributed by atoms with Gasteiger partial charge >= 0.3 is 0 Å². The highest BCUT2D eigenvalue weighted by molar-refractivity contribution is 6.31. The zero-order chi connectivity index (χ0) is 19.3. The molecule has 0 N–H and O–H groups in total. The third-order valence-electron chi connectivity index (χ3n) is 4.75. The van der Waals surface area contributed by atoms with E-state index in [1.54, 1.807) is 0 Å². The topological polar surface area (TPSA) is 21.6 Å². The van der Waals surface area contributed by atoms with E-state index in [2.05, 4.69) is 47.5 Å². The summed E-state index contributed by atoms with van der Waals surface area (Å²) in [7, 11) is 0. The fourth-order valence-corrected chi connectivity index (χ4v) is 3.28. The smallest absolute Gasteiger partial charge is 0.119 e. The van der Waals surface area contributed by atoms with Gasteiger partial charge in [0.1, 0.15) is 12.4 Å². The number of fused-ring (bicyclic) bond motifs is 1. The van der Waals surface area contributed by atoms with Gasteiger partial charge in [-0.2, -0.15) is 0 Å². The van der Waals surface area contributed by atoms with E-state index >= 15 is 0 Å². The van der Waals surface area contributed by atoms with Gasteiger partial charge in [0.05, 0.1) is 5.69 Å². The number of nitrogens with zero attached hydrogens (tertiary/aromatic N) is 1. The first-order valence-corrected chi connectivity index (χ1v) is 9.57. The van der Waals surface area contributed by atoms with Gasteiger partial charge in [-0.1, -0.05) is 60.1 Å². The van der Waals surface area contributed by atoms with Crippen LogP contribution in [0, 0.1) is 6.92 Å². The first-order valence-electron chi connectivity index (χ1n) is 9.19. The second-order valence-electron chi connectivity index (χ2n) is 6.64. The summed E-state index contributed by atoms with van der Waals surface area (Å²) in [5.41, 5.74) is 4.05. The number of aliphatic imine (C=N–C) groups is 1. The highest BCUT2D eigenvalue weighted by Crippen LogP contribution is 2.25. The summed E-state index contributed by atoms with van der Waals surface area (Å²) < 4.78 is 5.99. The van der Waals surface area contributed by atoms with Gasteiger partial charge in [0, 0.05) is 11.2 Å². The zero-order valence-electron chi connectivity index (χ0n) is 15.6. The van der Waals surface area contributed by atoms with Gasteiger partial charge in [-0.25, -0.2) is 0 Å². The molecule has 0 spiro atoms. The van der Waals surface area contributed by atoms with Crippen LogP contribution in [-0.4, -0.2) is 6.21 Å². The second kappa shape index (κ2) is 8.28. The molecule has 2 nitrogen and oxygen atoms in total. The average Bonchev–Trinajstić information content (AvgIpc) is 2.74. The van der Waals surface area contributed by atoms with E-state index in [4.69, 9.17) is 16.3 Å². The summed E-state index contributed by atoms with van der Waals surface area (Å²) >= 11 is 6.15. The lowest BCUT2D eigenvalue weighted by Gasteiger charge is -2.09. The maximum Gasteiger partial charge on any atom is 0.119 e. The molecule has 0 aliphatic heterocycles. The van der Waals surface area contributed by atoms with Crippen LogP contribution in [0.1, 0.15) is 16.7 Å². The van der Waals surface area contributed by atoms with Crippen molar-refractivity contribution in [2.24, 2.45) is 4.99 Å². The summed E-state index contributed by atoms with van der Waals surface area (Å²) in [6, 6.07) is 28.3. The van der Waals surface area contributed by atoms with Crippen molar-refractivity contribution in [3.05, 3.63) is 107 Å². The molecule has 0 atom stereocenters. The van der Waals surface area contributed by atoms with Crippen LogP contribution in [0.4, 0.5) is 5.69 Å². The Balaban J connectivity index is 1.45. The van der Waals surface area contributed by atoms with Gasteiger partial charge in [0.2, 0.25) is 0 Å². The molecule has 138 valence electrons. The number of benzene rings is 4. The van der Waals surface area contributed by atoms with Gasteiger partial charge in [-0.15, -0.1) is 0 Å². The van der Waals surface area contributed by atoms with Crippen LogP contribution in [0.25, 0.3) is 10.8 Å². The molecule has 28 heavy (non-hydrogen) atoms. The molecule has 0 aliphatic carbocycles. The summed E-state index contributed by atoms with van der Waals surface area (Å²) in [5.74, 6) is 0.837. The fourth-order valence-electron chi connectivity index (χ4n) is 3.11. The minimum absolute atomic E-state index is 0.538. The molecule has 0 saturated heterocycles. The first-order chi connectivity index (χ1) is 13.7. The normalized spacial score (nSPS) is 11.2. The lowest BCUT2D eigenvalue weighted by molar-refractivity contribution is 0.307. The molecule has 0 aromatic heterocycles. The van der Waals surface area contributed by atoms with E-state index in [1.165, 1.54) is 16.3 Å². The maximum atomic E-state index is 6.15. The Kier molecular flexibility index (Phi) is 5.41. The summed E-state index contributed by atoms with van der Waals surface area (Å²) in [6.45, 7) is 2.51. The van der Waals surface area contributed by atoms with Crippen LogP contribution in [0.5, 0.6) is 5.75 Å². The van der Waals surface area contributed by atoms with Crippen molar-refractivity contribution in [3.8, 4) is 5.75 Å². The Hall–Kier alpha value is -3.10. The van der Waals surface area contributed by atoms with Crippen LogP contribution in [0.2, 0.25) is 5.02 Å². The number of ether oxygens (including phenoxy) is 1. The predicted molar refractivity (Wildman–Crippen MR) is 118 cm³/mol. The molecule has 4 aromatic rings. The van der Waals surface area contributed by atoms with Crippen LogP contribution >= 0.6 is 11.6 Å². The largest absolute Gasteiger partial charge is 0.489 e. The van der Waals surface area contributed by atoms with Crippen molar-refractivity contribution in [2.75, 3.05) is 0 Å². The molecule has 3 heteroatoms. The Bertz CT molecular complexity index is 1130. The molecule has 0 amide bonds. The molecule has 0 aliphatic rings. The van der Waals surface area contributed by atoms with E-state index < -0.39 is 0 Å². The number of hydrogen-bond donors (Lipinski definition) is 0. The van der Waals surface area contributed by atoms with Crippen molar-refractivity contribution in [1.29, 1.82) is 0 Å². The van der Waals surface area contributed by atoms with Crippen LogP contribution < -0.4 is 4.74 Å². The van der Waals surface area contributed by atoms with Crippen molar-refractivity contribution >= 4 is 34.3 Å². The van der Waals surface area contributed by atoms with Gasteiger partial charge in [0.25, 0.3) is 0 Å². The third kappa shape index (κ3) is 4.08. The van der Waals surface area contributed by atoms with Crippen LogP contribution in [0.3, 0.4) is 0 Å². The van der Waals surface area contributed by atoms with Crippen LogP contribution in [-0.2, 0) is 6.61 Å². The van der Waals surface area contributed by atoms with E-state index in [0.29, 0.717) is 6.61 Å². The van der Waals surface area contributed by atoms with Gasteiger partial charge < -0.3 is 4.74 Å². The van der Waals surface area contributed by atoms with E-state index in [1.807, 2.05) is 55.6 Å². The molecule has 0 heterocycles. The minimum atomic E-state index is 0.538. The Morgan fingerprint density at radius 3 is 2.46 bits per heavy atom. The monoisotopic (exact) mass is 385 g/mol. The SMILES string of the molecule is Cc1c(Cl)cccc1N=Cc1ccc(OCc2cccc3ccccc23)cc1. The molecule has 4 aromatic carbocycles. The number of rotatable bonds is 5. The van der Waals surface area contributed by atoms with Gasteiger partial charge in [0.15, 0.2) is 0 Å². The first kappa shape index (κ1) is 18.3. The van der Waals surface area contributed by atoms with E-state index in [0.717, 1.165) is 27.6 Å². The average molecular weight is 386 g/mol. The highest BCUT2D eigenvalue weighted by atomic mass is 35.5. The standard InChI is InChI=1S/C25H20ClNO/c1-18-24(26)10-5-11-25(18)27-16-19-12-14-22(15-13-19)28-17-21-8-4-7-20-6-2-3-9-23(20)21/h2-16H,17H2,1H3. The van der Waals surface area contributed by atoms with Crippen molar-refractivity contribution in [3.63, 3.8) is 0 Å². The summed E-state index contributed by atoms with van der Waals surface area (Å²) in [4.78, 5) is 4.54. The van der Waals surface area contributed by atoms with Crippen molar-refractivity contribution in [1.82, 2.24) is 0 Å². The summed E-state index contributed by atoms with van der Waals surface area (Å²) in [6.07, 6.45) is 1.84. The molecule has 0 radical (unpaired) electrons. The molecule has 4 rings (SSSR count). The number of hydrogen-bond acceptors (Lipinski definition) is 2. The molecule has 0 bridgehead atoms. The lowest BCUT2D eigenvalue weighted by atomic mass is 10.1. The summed E-state index contributed by atoms with van der Waals surface area (Å²) in [5, 5.41) is 3.18. The fraction of sp³-hybridized carbons (Fsp3) is 0.0800. The van der Waals surface area contributed by atoms with Gasteiger partial charge in [-0.05, 0) is 70.8 Å². The van der Waals surface area contributed by atoms with E-state index in [9.17, 15) is 0 Å². The second-order valence-corrected chi connectivity index (χ2v) is 7.05. The van der Waals surface area contributed by atoms with Crippen LogP contribution in [0.15, 0.2) is 89.9 Å². The molecule has 0 saturated carbocycles. The van der Waals surface area contributed by atoms with E-state index in [-0.39, 0.29) is 0 Å². The maximum absolute atomic E-state index is 6.15. The lowest BCUT2D eigenvalue weighted by Crippen LogP contribution is -1.96. The Labute approximate surface area is 170 Å². The Morgan fingerprint density at radius 1 is 0.857 bits per heavy atom.